The molecule has 0 saturated heterocycles. The molecule has 3 heterocycles. The number of benzene rings is 2. The van der Waals surface area contributed by atoms with Gasteiger partial charge in [-0.1, -0.05) is 18.2 Å². The maximum absolute atomic E-state index is 13.7. The molecule has 0 aromatic heterocycles. The molecule has 1 atom stereocenters. The first-order valence-electron chi connectivity index (χ1n) is 10.0. The number of rotatable bonds is 4. The van der Waals surface area contributed by atoms with Crippen LogP contribution in [-0.4, -0.2) is 44.5 Å². The molecule has 0 aliphatic carbocycles. The SMILES string of the molecule is CC(C)NC(=O)NCCN1C(=O)C2(COc3cc4c(cc32)OCO4)c2ccccc21. The lowest BCUT2D eigenvalue weighted by Crippen LogP contribution is -2.46. The summed E-state index contributed by atoms with van der Waals surface area (Å²) in [7, 11) is 0. The zero-order chi connectivity index (χ0) is 20.9. The molecule has 0 saturated carbocycles. The van der Waals surface area contributed by atoms with Gasteiger partial charge in [0.1, 0.15) is 17.8 Å². The number of hydrogen-bond acceptors (Lipinski definition) is 5. The first-order chi connectivity index (χ1) is 14.5. The number of carbonyl (C=O) groups is 2. The average molecular weight is 409 g/mol. The van der Waals surface area contributed by atoms with E-state index < -0.39 is 5.41 Å². The van der Waals surface area contributed by atoms with Crippen LogP contribution in [0, 0.1) is 0 Å². The van der Waals surface area contributed by atoms with Gasteiger partial charge in [-0.05, 0) is 31.5 Å². The standard InChI is InChI=1S/C22H23N3O5/c1-13(2)24-21(27)23-7-8-25-16-6-4-3-5-14(16)22(20(25)26)11-28-17-10-19-18(9-15(17)22)29-12-30-19/h3-6,9-10,13H,7-8,11-12H2,1-2H3,(H2,23,24,27). The van der Waals surface area contributed by atoms with Crippen LogP contribution >= 0.6 is 0 Å². The van der Waals surface area contributed by atoms with Crippen LogP contribution in [0.3, 0.4) is 0 Å². The van der Waals surface area contributed by atoms with Gasteiger partial charge < -0.3 is 29.7 Å². The molecular formula is C22H23N3O5. The van der Waals surface area contributed by atoms with Crippen molar-refractivity contribution in [1.29, 1.82) is 0 Å². The van der Waals surface area contributed by atoms with Crippen molar-refractivity contribution >= 4 is 17.6 Å². The number of ether oxygens (including phenoxy) is 3. The van der Waals surface area contributed by atoms with Gasteiger partial charge in [-0.15, -0.1) is 0 Å². The van der Waals surface area contributed by atoms with Crippen LogP contribution in [0.2, 0.25) is 0 Å². The summed E-state index contributed by atoms with van der Waals surface area (Å²) in [5.41, 5.74) is 1.60. The van der Waals surface area contributed by atoms with Gasteiger partial charge in [0.05, 0.1) is 0 Å². The van der Waals surface area contributed by atoms with Gasteiger partial charge in [0.25, 0.3) is 0 Å². The Kier molecular flexibility index (Phi) is 4.23. The molecule has 0 radical (unpaired) electrons. The number of nitrogens with zero attached hydrogens (tertiary/aromatic N) is 1. The number of urea groups is 1. The zero-order valence-corrected chi connectivity index (χ0v) is 16.9. The third-order valence-corrected chi connectivity index (χ3v) is 5.68. The minimum Gasteiger partial charge on any atom is -0.491 e. The summed E-state index contributed by atoms with van der Waals surface area (Å²) in [6.07, 6.45) is 0. The van der Waals surface area contributed by atoms with Crippen molar-refractivity contribution in [2.45, 2.75) is 25.3 Å². The minimum absolute atomic E-state index is 0.0440. The molecule has 5 rings (SSSR count). The summed E-state index contributed by atoms with van der Waals surface area (Å²) in [4.78, 5) is 27.4. The van der Waals surface area contributed by atoms with E-state index in [1.807, 2.05) is 44.2 Å². The molecule has 8 heteroatoms. The Morgan fingerprint density at radius 3 is 2.67 bits per heavy atom. The number of hydrogen-bond donors (Lipinski definition) is 2. The van der Waals surface area contributed by atoms with Gasteiger partial charge in [-0.2, -0.15) is 0 Å². The van der Waals surface area contributed by atoms with Crippen LogP contribution < -0.4 is 29.7 Å². The van der Waals surface area contributed by atoms with Crippen molar-refractivity contribution < 1.29 is 23.8 Å². The number of para-hydroxylation sites is 1. The Bertz CT molecular complexity index is 1040. The first-order valence-corrected chi connectivity index (χ1v) is 10.0. The molecule has 2 aromatic rings. The number of nitrogens with one attached hydrogen (secondary N) is 2. The highest BCUT2D eigenvalue weighted by Crippen LogP contribution is 2.54. The van der Waals surface area contributed by atoms with Crippen molar-refractivity contribution in [3.05, 3.63) is 47.5 Å². The molecule has 0 bridgehead atoms. The topological polar surface area (TPSA) is 89.1 Å². The van der Waals surface area contributed by atoms with Gasteiger partial charge in [0.15, 0.2) is 11.5 Å². The van der Waals surface area contributed by atoms with Crippen molar-refractivity contribution in [2.75, 3.05) is 31.4 Å². The molecule has 30 heavy (non-hydrogen) atoms. The van der Waals surface area contributed by atoms with E-state index in [9.17, 15) is 9.59 Å². The Morgan fingerprint density at radius 2 is 1.87 bits per heavy atom. The fourth-order valence-corrected chi connectivity index (χ4v) is 4.38. The van der Waals surface area contributed by atoms with Crippen molar-refractivity contribution in [3.63, 3.8) is 0 Å². The van der Waals surface area contributed by atoms with E-state index in [0.717, 1.165) is 16.8 Å². The maximum Gasteiger partial charge on any atom is 0.315 e. The molecule has 3 amide bonds. The molecular weight excluding hydrogens is 386 g/mol. The smallest absolute Gasteiger partial charge is 0.315 e. The molecule has 3 aliphatic heterocycles. The van der Waals surface area contributed by atoms with Gasteiger partial charge in [-0.3, -0.25) is 4.79 Å². The lowest BCUT2D eigenvalue weighted by atomic mass is 9.77. The molecule has 1 spiro atoms. The van der Waals surface area contributed by atoms with Crippen LogP contribution in [0.25, 0.3) is 0 Å². The van der Waals surface area contributed by atoms with E-state index in [-0.39, 0.29) is 31.4 Å². The highest BCUT2D eigenvalue weighted by molar-refractivity contribution is 6.11. The summed E-state index contributed by atoms with van der Waals surface area (Å²) in [5, 5.41) is 5.60. The highest BCUT2D eigenvalue weighted by Gasteiger charge is 2.57. The monoisotopic (exact) mass is 409 g/mol. The summed E-state index contributed by atoms with van der Waals surface area (Å²) >= 11 is 0. The molecule has 8 nitrogen and oxygen atoms in total. The summed E-state index contributed by atoms with van der Waals surface area (Å²) in [5.74, 6) is 1.82. The molecule has 0 fully saturated rings. The maximum atomic E-state index is 13.7. The second-order valence-corrected chi connectivity index (χ2v) is 7.92. The predicted molar refractivity (Wildman–Crippen MR) is 109 cm³/mol. The van der Waals surface area contributed by atoms with Crippen LogP contribution in [0.4, 0.5) is 10.5 Å². The second-order valence-electron chi connectivity index (χ2n) is 7.92. The van der Waals surface area contributed by atoms with Crippen LogP contribution in [0.15, 0.2) is 36.4 Å². The van der Waals surface area contributed by atoms with Crippen molar-refractivity contribution in [3.8, 4) is 17.2 Å². The molecule has 1 unspecified atom stereocenters. The normalized spacial score (nSPS) is 20.4. The van der Waals surface area contributed by atoms with Gasteiger partial charge in [0, 0.05) is 36.4 Å². The number of anilines is 1. The van der Waals surface area contributed by atoms with Crippen LogP contribution in [0.1, 0.15) is 25.0 Å². The highest BCUT2D eigenvalue weighted by atomic mass is 16.7. The molecule has 3 aliphatic rings. The Balaban J connectivity index is 1.46. The van der Waals surface area contributed by atoms with E-state index in [1.54, 1.807) is 11.0 Å². The van der Waals surface area contributed by atoms with Crippen LogP contribution in [-0.2, 0) is 10.2 Å². The lowest BCUT2D eigenvalue weighted by molar-refractivity contribution is -0.122. The molecule has 2 aromatic carbocycles. The van der Waals surface area contributed by atoms with E-state index in [0.29, 0.717) is 30.3 Å². The van der Waals surface area contributed by atoms with E-state index in [1.165, 1.54) is 0 Å². The Labute approximate surface area is 174 Å². The molecule has 2 N–H and O–H groups in total. The fourth-order valence-electron chi connectivity index (χ4n) is 4.38. The minimum atomic E-state index is -0.924. The third kappa shape index (κ3) is 2.67. The quantitative estimate of drug-likeness (QED) is 0.808. The fraction of sp³-hybridized carbons (Fsp3) is 0.364. The number of amides is 3. The summed E-state index contributed by atoms with van der Waals surface area (Å²) < 4.78 is 17.0. The zero-order valence-electron chi connectivity index (χ0n) is 16.9. The van der Waals surface area contributed by atoms with Crippen LogP contribution in [0.5, 0.6) is 17.2 Å². The summed E-state index contributed by atoms with van der Waals surface area (Å²) in [6.45, 7) is 4.87. The lowest BCUT2D eigenvalue weighted by Gasteiger charge is -2.23. The van der Waals surface area contributed by atoms with E-state index >= 15 is 0 Å². The predicted octanol–water partition coefficient (Wildman–Crippen LogP) is 2.15. The van der Waals surface area contributed by atoms with Crippen molar-refractivity contribution in [2.24, 2.45) is 0 Å². The molecule has 156 valence electrons. The van der Waals surface area contributed by atoms with Crippen molar-refractivity contribution in [1.82, 2.24) is 10.6 Å². The van der Waals surface area contributed by atoms with Gasteiger partial charge >= 0.3 is 6.03 Å². The number of carbonyl (C=O) groups excluding carboxylic acids is 2. The largest absolute Gasteiger partial charge is 0.491 e. The average Bonchev–Trinajstić information content (AvgIpc) is 3.38. The van der Waals surface area contributed by atoms with E-state index in [2.05, 4.69) is 10.6 Å². The first kappa shape index (κ1) is 18.6. The van der Waals surface area contributed by atoms with Gasteiger partial charge in [-0.25, -0.2) is 4.79 Å². The van der Waals surface area contributed by atoms with Gasteiger partial charge in [0.2, 0.25) is 12.7 Å². The number of fused-ring (bicyclic) bond motifs is 5. The van der Waals surface area contributed by atoms with E-state index in [4.69, 9.17) is 14.2 Å². The second kappa shape index (κ2) is 6.83. The Morgan fingerprint density at radius 1 is 1.10 bits per heavy atom. The summed E-state index contributed by atoms with van der Waals surface area (Å²) in [6, 6.07) is 11.2. The Hall–Kier alpha value is -3.42. The third-order valence-electron chi connectivity index (χ3n) is 5.68.